The standard InChI is InChI=1S/C18H35N5O4S/c1-18(2,3)28(25,26)14-5-20-17(19-4)23-8-6-21(7-9-23)15-16(24)22-10-12-27-13-11-22/h5-15H2,1-4H3,(H,19,20). The van der Waals surface area contributed by atoms with Crippen molar-refractivity contribution in [2.75, 3.05) is 78.4 Å². The summed E-state index contributed by atoms with van der Waals surface area (Å²) in [5, 5.41) is 3.16. The highest BCUT2D eigenvalue weighted by atomic mass is 32.2. The zero-order valence-electron chi connectivity index (χ0n) is 17.6. The first kappa shape index (κ1) is 22.9. The van der Waals surface area contributed by atoms with Crippen LogP contribution >= 0.6 is 0 Å². The number of nitrogens with one attached hydrogen (secondary N) is 1. The van der Waals surface area contributed by atoms with Gasteiger partial charge in [-0.1, -0.05) is 0 Å². The second kappa shape index (κ2) is 9.89. The summed E-state index contributed by atoms with van der Waals surface area (Å²) < 4.78 is 29.0. The van der Waals surface area contributed by atoms with Crippen LogP contribution in [0, 0.1) is 0 Å². The van der Waals surface area contributed by atoms with Crippen LogP contribution in [0.5, 0.6) is 0 Å². The molecule has 2 aliphatic heterocycles. The van der Waals surface area contributed by atoms with E-state index in [1.165, 1.54) is 0 Å². The van der Waals surface area contributed by atoms with Crippen molar-refractivity contribution >= 4 is 21.7 Å². The van der Waals surface area contributed by atoms with E-state index >= 15 is 0 Å². The van der Waals surface area contributed by atoms with E-state index in [2.05, 4.69) is 20.1 Å². The molecule has 2 aliphatic rings. The van der Waals surface area contributed by atoms with E-state index in [9.17, 15) is 13.2 Å². The molecule has 2 heterocycles. The maximum absolute atomic E-state index is 12.4. The minimum Gasteiger partial charge on any atom is -0.378 e. The number of carbonyl (C=O) groups excluding carboxylic acids is 1. The summed E-state index contributed by atoms with van der Waals surface area (Å²) in [5.41, 5.74) is 0. The molecule has 10 heteroatoms. The van der Waals surface area contributed by atoms with Gasteiger partial charge >= 0.3 is 0 Å². The van der Waals surface area contributed by atoms with Gasteiger partial charge in [-0.15, -0.1) is 0 Å². The van der Waals surface area contributed by atoms with Crippen molar-refractivity contribution in [1.82, 2.24) is 20.0 Å². The molecule has 2 saturated heterocycles. The molecule has 0 radical (unpaired) electrons. The molecule has 28 heavy (non-hydrogen) atoms. The number of nitrogens with zero attached hydrogens (tertiary/aromatic N) is 4. The molecule has 0 spiro atoms. The Kier molecular flexibility index (Phi) is 8.08. The molecular weight excluding hydrogens is 382 g/mol. The first-order chi connectivity index (χ1) is 13.1. The second-order valence-electron chi connectivity index (χ2n) is 8.16. The van der Waals surface area contributed by atoms with E-state index in [-0.39, 0.29) is 11.7 Å². The fourth-order valence-corrected chi connectivity index (χ4v) is 4.14. The molecule has 0 aromatic carbocycles. The lowest BCUT2D eigenvalue weighted by atomic mass is 10.3. The smallest absolute Gasteiger partial charge is 0.236 e. The third-order valence-corrected chi connectivity index (χ3v) is 7.80. The highest BCUT2D eigenvalue weighted by molar-refractivity contribution is 7.92. The Morgan fingerprint density at radius 2 is 1.64 bits per heavy atom. The topological polar surface area (TPSA) is 94.6 Å². The van der Waals surface area contributed by atoms with Crippen molar-refractivity contribution < 1.29 is 17.9 Å². The van der Waals surface area contributed by atoms with Crippen LogP contribution in [0.2, 0.25) is 0 Å². The predicted octanol–water partition coefficient (Wildman–Crippen LogP) is -0.748. The number of piperazine rings is 1. The number of sulfone groups is 1. The number of hydrogen-bond donors (Lipinski definition) is 1. The summed E-state index contributed by atoms with van der Waals surface area (Å²) in [6.07, 6.45) is 0. The van der Waals surface area contributed by atoms with Gasteiger partial charge in [0.2, 0.25) is 5.91 Å². The van der Waals surface area contributed by atoms with Gasteiger partial charge in [0.05, 0.1) is 30.3 Å². The molecule has 2 rings (SSSR count). The molecule has 0 aliphatic carbocycles. The number of rotatable bonds is 5. The van der Waals surface area contributed by atoms with Gasteiger partial charge in [0.1, 0.15) is 0 Å². The van der Waals surface area contributed by atoms with Crippen LogP contribution in [-0.2, 0) is 19.4 Å². The molecule has 0 aromatic rings. The van der Waals surface area contributed by atoms with Crippen molar-refractivity contribution in [2.45, 2.75) is 25.5 Å². The Bertz CT molecular complexity index is 645. The van der Waals surface area contributed by atoms with Gasteiger partial charge in [0.15, 0.2) is 15.8 Å². The SMILES string of the molecule is CN=C(NCCS(=O)(=O)C(C)(C)C)N1CCN(CC(=O)N2CCOCC2)CC1. The van der Waals surface area contributed by atoms with Crippen molar-refractivity contribution in [1.29, 1.82) is 0 Å². The van der Waals surface area contributed by atoms with E-state index in [1.807, 2.05) is 4.90 Å². The average Bonchev–Trinajstić information content (AvgIpc) is 2.66. The summed E-state index contributed by atoms with van der Waals surface area (Å²) in [6.45, 7) is 11.6. The largest absolute Gasteiger partial charge is 0.378 e. The molecule has 162 valence electrons. The zero-order valence-corrected chi connectivity index (χ0v) is 18.4. The molecule has 9 nitrogen and oxygen atoms in total. The van der Waals surface area contributed by atoms with Crippen LogP contribution in [0.15, 0.2) is 4.99 Å². The van der Waals surface area contributed by atoms with Crippen molar-refractivity contribution in [3.63, 3.8) is 0 Å². The lowest BCUT2D eigenvalue weighted by Crippen LogP contribution is -2.55. The van der Waals surface area contributed by atoms with Gasteiger partial charge in [0, 0.05) is 52.9 Å². The van der Waals surface area contributed by atoms with Crippen LogP contribution in [0.1, 0.15) is 20.8 Å². The number of hydrogen-bond acceptors (Lipinski definition) is 6. The maximum atomic E-state index is 12.4. The third-order valence-electron chi connectivity index (χ3n) is 5.19. The van der Waals surface area contributed by atoms with E-state index < -0.39 is 14.6 Å². The van der Waals surface area contributed by atoms with Gasteiger partial charge in [-0.05, 0) is 20.8 Å². The van der Waals surface area contributed by atoms with Crippen LogP contribution in [-0.4, -0.2) is 118 Å². The summed E-state index contributed by atoms with van der Waals surface area (Å²) in [5.74, 6) is 0.943. The summed E-state index contributed by atoms with van der Waals surface area (Å²) >= 11 is 0. The van der Waals surface area contributed by atoms with Crippen LogP contribution in [0.4, 0.5) is 0 Å². The number of guanidine groups is 1. The van der Waals surface area contributed by atoms with Gasteiger partial charge in [-0.2, -0.15) is 0 Å². The average molecular weight is 418 g/mol. The minimum absolute atomic E-state index is 0.0730. The first-order valence-electron chi connectivity index (χ1n) is 9.90. The van der Waals surface area contributed by atoms with Gasteiger partial charge in [-0.3, -0.25) is 14.7 Å². The normalized spacial score (nSPS) is 20.4. The van der Waals surface area contributed by atoms with Gasteiger partial charge < -0.3 is 19.9 Å². The fraction of sp³-hybridized carbons (Fsp3) is 0.889. The third kappa shape index (κ3) is 6.31. The lowest BCUT2D eigenvalue weighted by molar-refractivity contribution is -0.136. The quantitative estimate of drug-likeness (QED) is 0.465. The summed E-state index contributed by atoms with van der Waals surface area (Å²) in [4.78, 5) is 22.8. The Morgan fingerprint density at radius 1 is 1.04 bits per heavy atom. The Morgan fingerprint density at radius 3 is 2.18 bits per heavy atom. The highest BCUT2D eigenvalue weighted by Gasteiger charge is 2.29. The van der Waals surface area contributed by atoms with E-state index in [4.69, 9.17) is 4.74 Å². The zero-order chi connectivity index (χ0) is 20.8. The monoisotopic (exact) mass is 417 g/mol. The first-order valence-corrected chi connectivity index (χ1v) is 11.5. The Balaban J connectivity index is 1.75. The summed E-state index contributed by atoms with van der Waals surface area (Å²) in [7, 11) is -1.46. The maximum Gasteiger partial charge on any atom is 0.236 e. The van der Waals surface area contributed by atoms with E-state index in [0.717, 1.165) is 26.2 Å². The molecular formula is C18H35N5O4S. The summed E-state index contributed by atoms with van der Waals surface area (Å²) in [6, 6.07) is 0. The molecule has 0 saturated carbocycles. The Labute approximate surface area is 169 Å². The van der Waals surface area contributed by atoms with E-state index in [1.54, 1.807) is 27.8 Å². The molecule has 1 N–H and O–H groups in total. The lowest BCUT2D eigenvalue weighted by Gasteiger charge is -2.37. The molecule has 1 amide bonds. The fourth-order valence-electron chi connectivity index (χ4n) is 3.16. The molecule has 0 aromatic heterocycles. The van der Waals surface area contributed by atoms with Crippen LogP contribution in [0.25, 0.3) is 0 Å². The number of aliphatic imine (C=N–C) groups is 1. The number of carbonyl (C=O) groups is 1. The molecule has 0 atom stereocenters. The van der Waals surface area contributed by atoms with Crippen molar-refractivity contribution in [2.24, 2.45) is 4.99 Å². The van der Waals surface area contributed by atoms with E-state index in [0.29, 0.717) is 45.4 Å². The van der Waals surface area contributed by atoms with Crippen LogP contribution in [0.3, 0.4) is 0 Å². The van der Waals surface area contributed by atoms with Gasteiger partial charge in [0.25, 0.3) is 0 Å². The van der Waals surface area contributed by atoms with Crippen molar-refractivity contribution in [3.8, 4) is 0 Å². The molecule has 0 bridgehead atoms. The number of morpholine rings is 1. The predicted molar refractivity (Wildman–Crippen MR) is 110 cm³/mol. The Hall–Kier alpha value is -1.39. The molecule has 2 fully saturated rings. The number of ether oxygens (including phenoxy) is 1. The molecule has 0 unspecified atom stereocenters. The highest BCUT2D eigenvalue weighted by Crippen LogP contribution is 2.15. The second-order valence-corrected chi connectivity index (χ2v) is 11.0. The minimum atomic E-state index is -3.16. The van der Waals surface area contributed by atoms with Crippen molar-refractivity contribution in [3.05, 3.63) is 0 Å². The number of amides is 1. The van der Waals surface area contributed by atoms with Gasteiger partial charge in [-0.25, -0.2) is 8.42 Å². The van der Waals surface area contributed by atoms with Crippen LogP contribution < -0.4 is 5.32 Å².